The summed E-state index contributed by atoms with van der Waals surface area (Å²) in [6.45, 7) is 2.04. The third-order valence-electron chi connectivity index (χ3n) is 5.49. The highest BCUT2D eigenvalue weighted by atomic mass is 35.5. The molecule has 3 nitrogen and oxygen atoms in total. The predicted molar refractivity (Wildman–Crippen MR) is 119 cm³/mol. The Morgan fingerprint density at radius 2 is 1.93 bits per heavy atom. The Hall–Kier alpha value is -2.35. The summed E-state index contributed by atoms with van der Waals surface area (Å²) in [6.07, 6.45) is 2.15. The van der Waals surface area contributed by atoms with E-state index in [1.807, 2.05) is 55.5 Å². The maximum atomic E-state index is 12.8. The third-order valence-corrected chi connectivity index (χ3v) is 6.96. The number of aryl methyl sites for hydroxylation is 1. The minimum Gasteiger partial charge on any atom is -0.294 e. The highest BCUT2D eigenvalue weighted by Crippen LogP contribution is 2.45. The van der Waals surface area contributed by atoms with E-state index in [0.717, 1.165) is 45.8 Å². The van der Waals surface area contributed by atoms with Gasteiger partial charge in [0.25, 0.3) is 0 Å². The van der Waals surface area contributed by atoms with Crippen LogP contribution in [-0.2, 0) is 10.5 Å². The topological polar surface area (TPSA) is 53.2 Å². The normalized spacial score (nSPS) is 21.4. The van der Waals surface area contributed by atoms with Gasteiger partial charge in [-0.15, -0.1) is 11.8 Å². The lowest BCUT2D eigenvalue weighted by Gasteiger charge is -2.33. The number of rotatable bonds is 3. The van der Waals surface area contributed by atoms with Gasteiger partial charge in [-0.1, -0.05) is 59.6 Å². The zero-order valence-corrected chi connectivity index (χ0v) is 17.8. The zero-order valence-electron chi connectivity index (χ0n) is 16.2. The van der Waals surface area contributed by atoms with Crippen LogP contribution < -0.4 is 0 Å². The van der Waals surface area contributed by atoms with Crippen molar-refractivity contribution in [1.82, 2.24) is 0 Å². The Morgan fingerprint density at radius 1 is 1.17 bits per heavy atom. The number of hydrogen-bond donors (Lipinski definition) is 0. The molecule has 2 atom stereocenters. The van der Waals surface area contributed by atoms with Crippen LogP contribution in [-0.4, -0.2) is 10.8 Å². The number of halogens is 1. The average Bonchev–Trinajstić information content (AvgIpc) is 2.73. The van der Waals surface area contributed by atoms with Gasteiger partial charge in [0.2, 0.25) is 0 Å². The van der Waals surface area contributed by atoms with Gasteiger partial charge < -0.3 is 0 Å². The van der Waals surface area contributed by atoms with Gasteiger partial charge in [-0.05, 0) is 37.0 Å². The van der Waals surface area contributed by atoms with Gasteiger partial charge in [-0.3, -0.25) is 4.79 Å². The van der Waals surface area contributed by atoms with Gasteiger partial charge in [0.1, 0.15) is 5.92 Å². The second-order valence-electron chi connectivity index (χ2n) is 7.46. The van der Waals surface area contributed by atoms with Crippen LogP contribution in [0, 0.1) is 24.2 Å². The summed E-state index contributed by atoms with van der Waals surface area (Å²) in [5.74, 6) is 0.0602. The minimum atomic E-state index is -0.467. The first-order valence-corrected chi connectivity index (χ1v) is 11.1. The summed E-state index contributed by atoms with van der Waals surface area (Å²) in [4.78, 5) is 17.6. The first-order chi connectivity index (χ1) is 14.1. The van der Waals surface area contributed by atoms with E-state index in [4.69, 9.17) is 16.6 Å². The Morgan fingerprint density at radius 3 is 2.66 bits per heavy atom. The van der Waals surface area contributed by atoms with Crippen LogP contribution in [0.2, 0.25) is 5.02 Å². The number of Topliss-reactive ketones (excluding diaryl/α,β-unsaturated/α-hetero) is 1. The molecule has 0 aromatic heterocycles. The van der Waals surface area contributed by atoms with Crippen LogP contribution in [0.25, 0.3) is 0 Å². The van der Waals surface area contributed by atoms with Crippen LogP contribution in [0.4, 0.5) is 0 Å². The van der Waals surface area contributed by atoms with Crippen molar-refractivity contribution in [2.24, 2.45) is 10.9 Å². The summed E-state index contributed by atoms with van der Waals surface area (Å²) in [5.41, 5.74) is 4.79. The number of hydrogen-bond acceptors (Lipinski definition) is 4. The molecule has 4 rings (SSSR count). The van der Waals surface area contributed by atoms with E-state index >= 15 is 0 Å². The average molecular weight is 421 g/mol. The van der Waals surface area contributed by atoms with E-state index in [-0.39, 0.29) is 11.7 Å². The molecule has 146 valence electrons. The van der Waals surface area contributed by atoms with Crippen LogP contribution in [0.1, 0.15) is 41.9 Å². The number of thioether (sulfide) groups is 1. The quantitative estimate of drug-likeness (QED) is 0.591. The molecule has 1 heterocycles. The lowest BCUT2D eigenvalue weighted by atomic mass is 9.74. The fraction of sp³-hybridized carbons (Fsp3) is 0.292. The Bertz CT molecular complexity index is 1050. The minimum absolute atomic E-state index is 0.135. The molecular weight excluding hydrogens is 400 g/mol. The molecule has 1 unspecified atom stereocenters. The number of carbonyl (C=O) groups excluding carboxylic acids is 1. The number of nitrogens with zero attached hydrogens (tertiary/aromatic N) is 2. The first-order valence-electron chi connectivity index (χ1n) is 9.75. The smallest absolute Gasteiger partial charge is 0.161 e. The van der Waals surface area contributed by atoms with Gasteiger partial charge in [0.15, 0.2) is 5.78 Å². The maximum Gasteiger partial charge on any atom is 0.161 e. The Labute approximate surface area is 180 Å². The number of ketones is 1. The fourth-order valence-corrected chi connectivity index (χ4v) is 5.36. The molecule has 5 heteroatoms. The summed E-state index contributed by atoms with van der Waals surface area (Å²) in [6, 6.07) is 18.3. The maximum absolute atomic E-state index is 12.8. The molecule has 1 aliphatic carbocycles. The van der Waals surface area contributed by atoms with Gasteiger partial charge in [-0.25, -0.2) is 4.99 Å². The molecule has 0 amide bonds. The monoisotopic (exact) mass is 420 g/mol. The molecule has 2 aliphatic rings. The second kappa shape index (κ2) is 8.57. The Balaban J connectivity index is 1.73. The number of aliphatic imine (C=N–C) groups is 1. The third kappa shape index (κ3) is 4.03. The fourth-order valence-electron chi connectivity index (χ4n) is 3.98. The molecule has 1 aliphatic heterocycles. The lowest BCUT2D eigenvalue weighted by Crippen LogP contribution is -2.30. The Kier molecular flexibility index (Phi) is 5.89. The molecule has 0 saturated carbocycles. The number of nitriles is 1. The van der Waals surface area contributed by atoms with Crippen molar-refractivity contribution in [1.29, 1.82) is 5.26 Å². The van der Waals surface area contributed by atoms with Crippen molar-refractivity contribution >= 4 is 34.2 Å². The SMILES string of the molecule is Cc1ccc([C@@H]2C3=C(CCCC3=O)N=C(SCc3ccccc3Cl)C2C#N)cc1. The molecule has 0 saturated heterocycles. The molecule has 0 bridgehead atoms. The molecule has 2 aromatic carbocycles. The molecule has 0 radical (unpaired) electrons. The summed E-state index contributed by atoms with van der Waals surface area (Å²) in [7, 11) is 0. The van der Waals surface area contributed by atoms with Gasteiger partial charge >= 0.3 is 0 Å². The standard InChI is InChI=1S/C24H21ClN2OS/c1-15-9-11-16(12-10-15)22-18(13-26)24(27-20-7-4-8-21(28)23(20)22)29-14-17-5-2-3-6-19(17)25/h2-3,5-6,9-12,18,22H,4,7-8,14H2,1H3/t18?,22-/m0/s1. The molecule has 0 spiro atoms. The van der Waals surface area contributed by atoms with E-state index in [1.54, 1.807) is 11.8 Å². The second-order valence-corrected chi connectivity index (χ2v) is 8.87. The van der Waals surface area contributed by atoms with Crippen molar-refractivity contribution in [2.75, 3.05) is 0 Å². The van der Waals surface area contributed by atoms with Crippen LogP contribution >= 0.6 is 23.4 Å². The van der Waals surface area contributed by atoms with Crippen LogP contribution in [0.5, 0.6) is 0 Å². The predicted octanol–water partition coefficient (Wildman–Crippen LogP) is 6.22. The molecular formula is C24H21ClN2OS. The molecule has 0 fully saturated rings. The van der Waals surface area contributed by atoms with Crippen molar-refractivity contribution in [3.8, 4) is 6.07 Å². The number of carbonyl (C=O) groups is 1. The van der Waals surface area contributed by atoms with E-state index in [0.29, 0.717) is 17.2 Å². The van der Waals surface area contributed by atoms with E-state index in [9.17, 15) is 10.1 Å². The van der Waals surface area contributed by atoms with E-state index < -0.39 is 5.92 Å². The first kappa shape index (κ1) is 19.9. The van der Waals surface area contributed by atoms with Crippen molar-refractivity contribution in [3.05, 3.63) is 81.5 Å². The van der Waals surface area contributed by atoms with Crippen molar-refractivity contribution in [3.63, 3.8) is 0 Å². The van der Waals surface area contributed by atoms with Crippen molar-refractivity contribution in [2.45, 2.75) is 37.9 Å². The van der Waals surface area contributed by atoms with Gasteiger partial charge in [-0.2, -0.15) is 5.26 Å². The summed E-state index contributed by atoms with van der Waals surface area (Å²) >= 11 is 7.86. The van der Waals surface area contributed by atoms with E-state index in [2.05, 4.69) is 6.07 Å². The summed E-state index contributed by atoms with van der Waals surface area (Å²) < 4.78 is 0. The molecule has 0 N–H and O–H groups in total. The molecule has 29 heavy (non-hydrogen) atoms. The lowest BCUT2D eigenvalue weighted by molar-refractivity contribution is -0.116. The van der Waals surface area contributed by atoms with Gasteiger partial charge in [0, 0.05) is 34.4 Å². The number of benzene rings is 2. The van der Waals surface area contributed by atoms with Crippen LogP contribution in [0.15, 0.2) is 64.8 Å². The highest BCUT2D eigenvalue weighted by molar-refractivity contribution is 8.13. The van der Waals surface area contributed by atoms with Gasteiger partial charge in [0.05, 0.1) is 11.1 Å². The molecule has 2 aromatic rings. The van der Waals surface area contributed by atoms with Crippen LogP contribution in [0.3, 0.4) is 0 Å². The van der Waals surface area contributed by atoms with E-state index in [1.165, 1.54) is 0 Å². The van der Waals surface area contributed by atoms with Crippen molar-refractivity contribution < 1.29 is 4.79 Å². The summed E-state index contributed by atoms with van der Waals surface area (Å²) in [5, 5.41) is 11.6. The highest BCUT2D eigenvalue weighted by Gasteiger charge is 2.40. The zero-order chi connectivity index (χ0) is 20.4. The number of allylic oxidation sites excluding steroid dienone is 2. The largest absolute Gasteiger partial charge is 0.294 e.